The molecule has 2 saturated carbocycles. The highest BCUT2D eigenvalue weighted by Gasteiger charge is 2.63. The van der Waals surface area contributed by atoms with Crippen molar-refractivity contribution in [1.82, 2.24) is 5.32 Å². The first-order valence-corrected chi connectivity index (χ1v) is 13.3. The topological polar surface area (TPSA) is 102 Å². The second-order valence-corrected chi connectivity index (χ2v) is 12.3. The van der Waals surface area contributed by atoms with E-state index in [1.807, 2.05) is 6.92 Å². The van der Waals surface area contributed by atoms with Gasteiger partial charge in [0.25, 0.3) is 5.91 Å². The molecular weight excluding hydrogens is 521 g/mol. The van der Waals surface area contributed by atoms with Crippen molar-refractivity contribution in [2.24, 2.45) is 17.8 Å². The number of ether oxygens (including phenoxy) is 1. The zero-order valence-corrected chi connectivity index (χ0v) is 20.6. The van der Waals surface area contributed by atoms with Crippen LogP contribution >= 0.6 is 11.6 Å². The van der Waals surface area contributed by atoms with Gasteiger partial charge in [-0.25, -0.2) is 26.4 Å². The summed E-state index contributed by atoms with van der Waals surface area (Å²) in [6, 6.07) is 4.89. The van der Waals surface area contributed by atoms with Crippen molar-refractivity contribution in [1.29, 1.82) is 0 Å². The normalized spacial score (nSPS) is 29.2. The van der Waals surface area contributed by atoms with Crippen LogP contribution in [0.4, 0.5) is 23.7 Å². The average Bonchev–Trinajstić information content (AvgIpc) is 3.23. The minimum atomic E-state index is -3.99. The minimum absolute atomic E-state index is 0.0694. The van der Waals surface area contributed by atoms with Crippen molar-refractivity contribution in [3.8, 4) is 0 Å². The number of benzene rings is 2. The molecule has 12 heteroatoms. The quantitative estimate of drug-likeness (QED) is 0.546. The van der Waals surface area contributed by atoms with E-state index in [1.54, 1.807) is 0 Å². The molecule has 3 fully saturated rings. The molecule has 2 N–H and O–H groups in total. The molecule has 2 aromatic carbocycles. The molecule has 36 heavy (non-hydrogen) atoms. The lowest BCUT2D eigenvalue weighted by Gasteiger charge is -2.42. The van der Waals surface area contributed by atoms with E-state index in [1.165, 1.54) is 12.1 Å². The van der Waals surface area contributed by atoms with E-state index in [-0.39, 0.29) is 51.8 Å². The van der Waals surface area contributed by atoms with E-state index in [0.717, 1.165) is 12.5 Å². The van der Waals surface area contributed by atoms with Crippen LogP contribution in [0, 0.1) is 35.2 Å². The number of sulfone groups is 1. The van der Waals surface area contributed by atoms with Gasteiger partial charge in [0.15, 0.2) is 27.3 Å². The summed E-state index contributed by atoms with van der Waals surface area (Å²) in [5.41, 5.74) is -1.16. The van der Waals surface area contributed by atoms with Crippen LogP contribution in [0.2, 0.25) is 5.02 Å². The molecule has 2 amide bonds. The molecule has 1 heterocycles. The Balaban J connectivity index is 1.41. The maximum atomic E-state index is 13.7. The summed E-state index contributed by atoms with van der Waals surface area (Å²) in [4.78, 5) is 24.3. The number of halogens is 4. The number of carbonyl (C=O) groups is 2. The summed E-state index contributed by atoms with van der Waals surface area (Å²) in [5, 5.41) is 4.07. The largest absolute Gasteiger partial charge is 0.440 e. The first kappa shape index (κ1) is 24.9. The summed E-state index contributed by atoms with van der Waals surface area (Å²) in [5.74, 6) is -5.62. The highest BCUT2D eigenvalue weighted by Crippen LogP contribution is 2.57. The fourth-order valence-corrected chi connectivity index (χ4v) is 8.41. The third-order valence-electron chi connectivity index (χ3n) is 7.70. The molecule has 3 aliphatic rings. The zero-order chi connectivity index (χ0) is 26.0. The lowest BCUT2D eigenvalue weighted by Crippen LogP contribution is -2.51. The maximum Gasteiger partial charge on any atom is 0.407 e. The van der Waals surface area contributed by atoms with Crippen LogP contribution in [0.1, 0.15) is 36.5 Å². The van der Waals surface area contributed by atoms with E-state index in [4.69, 9.17) is 16.3 Å². The number of rotatable bonds is 4. The van der Waals surface area contributed by atoms with Gasteiger partial charge in [-0.1, -0.05) is 18.5 Å². The van der Waals surface area contributed by atoms with Gasteiger partial charge in [-0.05, 0) is 43.4 Å². The number of hydrogen-bond donors (Lipinski definition) is 2. The van der Waals surface area contributed by atoms with Crippen molar-refractivity contribution >= 4 is 39.1 Å². The van der Waals surface area contributed by atoms with Gasteiger partial charge in [0.1, 0.15) is 5.60 Å². The Morgan fingerprint density at radius 1 is 1.14 bits per heavy atom. The van der Waals surface area contributed by atoms with Crippen molar-refractivity contribution in [2.45, 2.75) is 41.9 Å². The molecule has 2 aromatic rings. The standard InChI is InChI=1S/C24H22ClF3N2O5S/c1-11-4-13-6-15(9-16(11)24(13)10-29-23(32)35-24)36(33,34)20-5-12(2-3-17(20)25)22(31)30-14-7-18(26)21(28)19(27)8-14/h2-3,5,7-8,11,13,15-16H,4,6,9-10H2,1H3,(H,29,32)(H,30,31)/t11-,13?,15+,16+,24-/m0/s1. The van der Waals surface area contributed by atoms with Gasteiger partial charge in [0, 0.05) is 35.2 Å². The van der Waals surface area contributed by atoms with Crippen molar-refractivity contribution in [3.63, 3.8) is 0 Å². The molecule has 7 nitrogen and oxygen atoms in total. The fraction of sp³-hybridized carbons (Fsp3) is 0.417. The molecule has 1 spiro atoms. The van der Waals surface area contributed by atoms with E-state index in [9.17, 15) is 31.2 Å². The predicted octanol–water partition coefficient (Wildman–Crippen LogP) is 4.70. The van der Waals surface area contributed by atoms with E-state index in [0.29, 0.717) is 18.7 Å². The Kier molecular flexibility index (Phi) is 5.98. The molecule has 5 atom stereocenters. The average molecular weight is 543 g/mol. The summed E-state index contributed by atoms with van der Waals surface area (Å²) < 4.78 is 73.2. The molecule has 192 valence electrons. The van der Waals surface area contributed by atoms with Crippen molar-refractivity contribution in [2.75, 3.05) is 11.9 Å². The van der Waals surface area contributed by atoms with Gasteiger partial charge in [-0.15, -0.1) is 0 Å². The monoisotopic (exact) mass is 542 g/mol. The van der Waals surface area contributed by atoms with Crippen molar-refractivity contribution < 1.29 is 35.9 Å². The lowest BCUT2D eigenvalue weighted by molar-refractivity contribution is -0.0364. The Labute approximate surface area is 210 Å². The summed E-state index contributed by atoms with van der Waals surface area (Å²) in [6.45, 7) is 2.37. The number of carbonyl (C=O) groups excluding carboxylic acids is 2. The molecule has 2 aliphatic carbocycles. The van der Waals surface area contributed by atoms with Gasteiger partial charge in [0.2, 0.25) is 0 Å². The number of nitrogens with one attached hydrogen (secondary N) is 2. The Morgan fingerprint density at radius 3 is 2.44 bits per heavy atom. The highest BCUT2D eigenvalue weighted by molar-refractivity contribution is 7.92. The SMILES string of the molecule is C[C@H]1CC2C[C@@H](S(=O)(=O)c3cc(C(=O)Nc4cc(F)c(F)c(F)c4)ccc3Cl)C[C@H]1[C@]21CNC(=O)O1. The molecule has 5 rings (SSSR count). The molecule has 1 unspecified atom stereocenters. The van der Waals surface area contributed by atoms with Gasteiger partial charge in [-0.2, -0.15) is 0 Å². The van der Waals surface area contributed by atoms with E-state index < -0.39 is 50.1 Å². The Morgan fingerprint density at radius 2 is 1.83 bits per heavy atom. The first-order valence-electron chi connectivity index (χ1n) is 11.4. The summed E-state index contributed by atoms with van der Waals surface area (Å²) >= 11 is 6.25. The first-order chi connectivity index (χ1) is 16.9. The van der Waals surface area contributed by atoms with Gasteiger partial charge < -0.3 is 15.4 Å². The fourth-order valence-electron chi connectivity index (χ4n) is 6.04. The number of hydrogen-bond acceptors (Lipinski definition) is 5. The zero-order valence-electron chi connectivity index (χ0n) is 19.0. The Hall–Kier alpha value is -2.79. The Bertz CT molecular complexity index is 1360. The predicted molar refractivity (Wildman–Crippen MR) is 124 cm³/mol. The van der Waals surface area contributed by atoms with Crippen molar-refractivity contribution in [3.05, 3.63) is 58.4 Å². The number of alkyl carbamates (subject to hydrolysis) is 1. The van der Waals surface area contributed by atoms with Crippen LogP contribution in [-0.4, -0.2) is 37.8 Å². The lowest BCUT2D eigenvalue weighted by atomic mass is 9.73. The second-order valence-electron chi connectivity index (χ2n) is 9.71. The maximum absolute atomic E-state index is 13.7. The highest BCUT2D eigenvalue weighted by atomic mass is 35.5. The minimum Gasteiger partial charge on any atom is -0.440 e. The number of anilines is 1. The van der Waals surface area contributed by atoms with E-state index in [2.05, 4.69) is 10.6 Å². The molecule has 2 bridgehead atoms. The summed E-state index contributed by atoms with van der Waals surface area (Å²) in [7, 11) is -3.99. The van der Waals surface area contributed by atoms with Crippen LogP contribution in [0.15, 0.2) is 35.2 Å². The second kappa shape index (κ2) is 8.65. The molecule has 0 radical (unpaired) electrons. The van der Waals surface area contributed by atoms with Crippen LogP contribution in [0.3, 0.4) is 0 Å². The van der Waals surface area contributed by atoms with Gasteiger partial charge >= 0.3 is 6.09 Å². The molecular formula is C24H22ClF3N2O5S. The number of amides is 2. The third kappa shape index (κ3) is 3.92. The molecule has 1 saturated heterocycles. The van der Waals surface area contributed by atoms with Crippen LogP contribution in [-0.2, 0) is 14.6 Å². The molecule has 0 aromatic heterocycles. The van der Waals surface area contributed by atoms with E-state index >= 15 is 0 Å². The van der Waals surface area contributed by atoms with Crippen LogP contribution < -0.4 is 10.6 Å². The molecule has 1 aliphatic heterocycles. The van der Waals surface area contributed by atoms with Crippen LogP contribution in [0.5, 0.6) is 0 Å². The third-order valence-corrected chi connectivity index (χ3v) is 10.4. The summed E-state index contributed by atoms with van der Waals surface area (Å²) in [6.07, 6.45) is 0.782. The van der Waals surface area contributed by atoms with Gasteiger partial charge in [-0.3, -0.25) is 4.79 Å². The van der Waals surface area contributed by atoms with Crippen LogP contribution in [0.25, 0.3) is 0 Å². The smallest absolute Gasteiger partial charge is 0.407 e. The van der Waals surface area contributed by atoms with Gasteiger partial charge in [0.05, 0.1) is 21.7 Å².